The lowest BCUT2D eigenvalue weighted by Crippen LogP contribution is -2.04. The van der Waals surface area contributed by atoms with Crippen LogP contribution in [-0.2, 0) is 6.42 Å². The van der Waals surface area contributed by atoms with Crippen molar-refractivity contribution >= 4 is 27.2 Å². The second-order valence-electron chi connectivity index (χ2n) is 4.98. The summed E-state index contributed by atoms with van der Waals surface area (Å²) in [5.41, 5.74) is 3.48. The minimum absolute atomic E-state index is 0.885. The van der Waals surface area contributed by atoms with Gasteiger partial charge in [-0.15, -0.1) is 11.3 Å². The molecule has 0 spiro atoms. The van der Waals surface area contributed by atoms with E-state index in [9.17, 15) is 0 Å². The molecule has 4 heteroatoms. The van der Waals surface area contributed by atoms with Gasteiger partial charge in [-0.1, -0.05) is 17.7 Å². The highest BCUT2D eigenvalue weighted by atomic mass is 32.1. The summed E-state index contributed by atoms with van der Waals surface area (Å²) in [7, 11) is 1.69. The number of fused-ring (bicyclic) bond motifs is 1. The number of methoxy groups -OCH3 is 1. The fraction of sp³-hybridized carbons (Fsp3) is 0.235. The first-order valence-corrected chi connectivity index (χ1v) is 7.80. The van der Waals surface area contributed by atoms with Crippen LogP contribution >= 0.6 is 11.3 Å². The van der Waals surface area contributed by atoms with E-state index in [0.29, 0.717) is 0 Å². The van der Waals surface area contributed by atoms with Crippen LogP contribution in [0.15, 0.2) is 42.5 Å². The van der Waals surface area contributed by atoms with Crippen molar-refractivity contribution < 1.29 is 4.74 Å². The number of anilines is 1. The first-order chi connectivity index (χ1) is 10.2. The molecule has 0 aliphatic rings. The smallest absolute Gasteiger partial charge is 0.120 e. The molecule has 3 rings (SSSR count). The van der Waals surface area contributed by atoms with E-state index < -0.39 is 0 Å². The Labute approximate surface area is 128 Å². The van der Waals surface area contributed by atoms with Crippen molar-refractivity contribution in [1.29, 1.82) is 0 Å². The number of ether oxygens (including phenoxy) is 1. The summed E-state index contributed by atoms with van der Waals surface area (Å²) in [6, 6.07) is 14.5. The SMILES string of the molecule is COc1ccc2nc(CCNc3ccc(C)cc3)sc2c1. The first kappa shape index (κ1) is 13.9. The van der Waals surface area contributed by atoms with Crippen LogP contribution in [-0.4, -0.2) is 18.6 Å². The lowest BCUT2D eigenvalue weighted by atomic mass is 10.2. The number of hydrogen-bond donors (Lipinski definition) is 1. The van der Waals surface area contributed by atoms with Crippen LogP contribution in [0.2, 0.25) is 0 Å². The lowest BCUT2D eigenvalue weighted by molar-refractivity contribution is 0.415. The predicted octanol–water partition coefficient (Wildman–Crippen LogP) is 4.27. The molecule has 0 radical (unpaired) electrons. The molecule has 0 unspecified atom stereocenters. The number of rotatable bonds is 5. The zero-order valence-corrected chi connectivity index (χ0v) is 13.0. The Bertz CT molecular complexity index is 734. The average molecular weight is 298 g/mol. The van der Waals surface area contributed by atoms with Crippen molar-refractivity contribution in [1.82, 2.24) is 4.98 Å². The van der Waals surface area contributed by atoms with Crippen LogP contribution in [0.3, 0.4) is 0 Å². The molecule has 0 bridgehead atoms. The normalized spacial score (nSPS) is 10.8. The number of benzene rings is 2. The van der Waals surface area contributed by atoms with Gasteiger partial charge in [-0.3, -0.25) is 0 Å². The van der Waals surface area contributed by atoms with Gasteiger partial charge in [-0.05, 0) is 37.3 Å². The first-order valence-electron chi connectivity index (χ1n) is 6.98. The van der Waals surface area contributed by atoms with E-state index in [-0.39, 0.29) is 0 Å². The monoisotopic (exact) mass is 298 g/mol. The highest BCUT2D eigenvalue weighted by Crippen LogP contribution is 2.26. The van der Waals surface area contributed by atoms with E-state index in [2.05, 4.69) is 41.5 Å². The minimum Gasteiger partial charge on any atom is -0.497 e. The molecule has 2 aromatic carbocycles. The van der Waals surface area contributed by atoms with Gasteiger partial charge in [0, 0.05) is 18.7 Å². The van der Waals surface area contributed by atoms with Crippen LogP contribution in [0.4, 0.5) is 5.69 Å². The summed E-state index contributed by atoms with van der Waals surface area (Å²) in [5, 5.41) is 4.58. The molecule has 3 nitrogen and oxygen atoms in total. The highest BCUT2D eigenvalue weighted by molar-refractivity contribution is 7.18. The number of aryl methyl sites for hydroxylation is 1. The van der Waals surface area contributed by atoms with Crippen molar-refractivity contribution in [2.45, 2.75) is 13.3 Å². The number of thiazole rings is 1. The Hall–Kier alpha value is -2.07. The highest BCUT2D eigenvalue weighted by Gasteiger charge is 2.05. The topological polar surface area (TPSA) is 34.1 Å². The van der Waals surface area contributed by atoms with Crippen molar-refractivity contribution in [3.8, 4) is 5.75 Å². The molecule has 1 N–H and O–H groups in total. The average Bonchev–Trinajstić information content (AvgIpc) is 2.91. The second kappa shape index (κ2) is 6.14. The number of nitrogens with one attached hydrogen (secondary N) is 1. The number of aromatic nitrogens is 1. The van der Waals surface area contributed by atoms with E-state index in [1.165, 1.54) is 10.3 Å². The van der Waals surface area contributed by atoms with Gasteiger partial charge in [0.25, 0.3) is 0 Å². The Kier molecular flexibility index (Phi) is 4.06. The third-order valence-corrected chi connectivity index (χ3v) is 4.44. The van der Waals surface area contributed by atoms with Gasteiger partial charge in [-0.2, -0.15) is 0 Å². The van der Waals surface area contributed by atoms with Crippen molar-refractivity contribution in [2.24, 2.45) is 0 Å². The quantitative estimate of drug-likeness (QED) is 0.764. The molecule has 0 aliphatic heterocycles. The largest absolute Gasteiger partial charge is 0.497 e. The van der Waals surface area contributed by atoms with Gasteiger partial charge in [0.2, 0.25) is 0 Å². The number of hydrogen-bond acceptors (Lipinski definition) is 4. The lowest BCUT2D eigenvalue weighted by Gasteiger charge is -2.04. The van der Waals surface area contributed by atoms with E-state index in [1.807, 2.05) is 18.2 Å². The molecule has 3 aromatic rings. The maximum atomic E-state index is 5.25. The maximum absolute atomic E-state index is 5.25. The molecule has 21 heavy (non-hydrogen) atoms. The fourth-order valence-electron chi connectivity index (χ4n) is 2.17. The van der Waals surface area contributed by atoms with Gasteiger partial charge < -0.3 is 10.1 Å². The number of nitrogens with zero attached hydrogens (tertiary/aromatic N) is 1. The standard InChI is InChI=1S/C17H18N2OS/c1-12-3-5-13(6-4-12)18-10-9-17-19-15-8-7-14(20-2)11-16(15)21-17/h3-8,11,18H,9-10H2,1-2H3. The zero-order valence-electron chi connectivity index (χ0n) is 12.2. The molecule has 0 saturated heterocycles. The van der Waals surface area contributed by atoms with Crippen LogP contribution in [0, 0.1) is 6.92 Å². The summed E-state index contributed by atoms with van der Waals surface area (Å²) in [5.74, 6) is 0.885. The molecule has 0 fully saturated rings. The summed E-state index contributed by atoms with van der Waals surface area (Å²) >= 11 is 1.73. The molecular weight excluding hydrogens is 280 g/mol. The predicted molar refractivity (Wildman–Crippen MR) is 89.5 cm³/mol. The van der Waals surface area contributed by atoms with E-state index >= 15 is 0 Å². The Balaban J connectivity index is 1.63. The molecule has 0 atom stereocenters. The van der Waals surface area contributed by atoms with Crippen molar-refractivity contribution in [3.63, 3.8) is 0 Å². The molecule has 1 heterocycles. The van der Waals surface area contributed by atoms with Gasteiger partial charge in [-0.25, -0.2) is 4.98 Å². The maximum Gasteiger partial charge on any atom is 0.120 e. The van der Waals surface area contributed by atoms with Gasteiger partial charge >= 0.3 is 0 Å². The second-order valence-corrected chi connectivity index (χ2v) is 6.10. The van der Waals surface area contributed by atoms with Gasteiger partial charge in [0.05, 0.1) is 22.3 Å². The third-order valence-electron chi connectivity index (χ3n) is 3.36. The van der Waals surface area contributed by atoms with Gasteiger partial charge in [0.1, 0.15) is 5.75 Å². The van der Waals surface area contributed by atoms with Crippen LogP contribution in [0.25, 0.3) is 10.2 Å². The molecule has 0 aliphatic carbocycles. The van der Waals surface area contributed by atoms with E-state index in [4.69, 9.17) is 4.74 Å². The summed E-state index contributed by atoms with van der Waals surface area (Å²) in [6.45, 7) is 2.99. The fourth-order valence-corrected chi connectivity index (χ4v) is 3.17. The molecule has 0 amide bonds. The van der Waals surface area contributed by atoms with E-state index in [0.717, 1.165) is 34.9 Å². The Morgan fingerprint density at radius 3 is 2.71 bits per heavy atom. The van der Waals surface area contributed by atoms with Crippen LogP contribution in [0.1, 0.15) is 10.6 Å². The summed E-state index contributed by atoms with van der Waals surface area (Å²) < 4.78 is 6.43. The van der Waals surface area contributed by atoms with Crippen molar-refractivity contribution in [3.05, 3.63) is 53.0 Å². The molecule has 108 valence electrons. The van der Waals surface area contributed by atoms with Gasteiger partial charge in [0.15, 0.2) is 0 Å². The zero-order chi connectivity index (χ0) is 14.7. The molecule has 1 aromatic heterocycles. The summed E-state index contributed by atoms with van der Waals surface area (Å²) in [4.78, 5) is 4.66. The van der Waals surface area contributed by atoms with Crippen LogP contribution in [0.5, 0.6) is 5.75 Å². The third kappa shape index (κ3) is 3.34. The molecular formula is C17H18N2OS. The minimum atomic E-state index is 0.885. The van der Waals surface area contributed by atoms with E-state index in [1.54, 1.807) is 18.4 Å². The Morgan fingerprint density at radius 2 is 1.95 bits per heavy atom. The molecule has 0 saturated carbocycles. The van der Waals surface area contributed by atoms with Crippen molar-refractivity contribution in [2.75, 3.05) is 19.0 Å². The summed E-state index contributed by atoms with van der Waals surface area (Å²) in [6.07, 6.45) is 0.926. The van der Waals surface area contributed by atoms with Crippen LogP contribution < -0.4 is 10.1 Å². The Morgan fingerprint density at radius 1 is 1.14 bits per heavy atom.